The SMILES string of the molecule is CCN(CC)C(C)(C(=O)O)c1cnccn1. The van der Waals surface area contributed by atoms with Crippen LogP contribution in [-0.2, 0) is 10.3 Å². The van der Waals surface area contributed by atoms with Gasteiger partial charge in [-0.1, -0.05) is 13.8 Å². The van der Waals surface area contributed by atoms with Gasteiger partial charge in [-0.3, -0.25) is 14.9 Å². The molecule has 1 rings (SSSR count). The lowest BCUT2D eigenvalue weighted by molar-refractivity contribution is -0.151. The van der Waals surface area contributed by atoms with Gasteiger partial charge in [0.2, 0.25) is 0 Å². The third-order valence-corrected chi connectivity index (χ3v) is 2.87. The van der Waals surface area contributed by atoms with Crippen molar-refractivity contribution in [2.75, 3.05) is 13.1 Å². The van der Waals surface area contributed by atoms with Crippen molar-refractivity contribution in [3.63, 3.8) is 0 Å². The normalized spacial score (nSPS) is 14.8. The van der Waals surface area contributed by atoms with Crippen LogP contribution in [0.25, 0.3) is 0 Å². The molecular formula is C11H17N3O2. The molecule has 88 valence electrons. The highest BCUT2D eigenvalue weighted by molar-refractivity contribution is 5.79. The van der Waals surface area contributed by atoms with Crippen molar-refractivity contribution in [2.24, 2.45) is 0 Å². The lowest BCUT2D eigenvalue weighted by Gasteiger charge is -2.35. The van der Waals surface area contributed by atoms with Gasteiger partial charge in [0, 0.05) is 12.4 Å². The van der Waals surface area contributed by atoms with Crippen molar-refractivity contribution in [1.82, 2.24) is 14.9 Å². The van der Waals surface area contributed by atoms with Gasteiger partial charge in [0.05, 0.1) is 11.9 Å². The van der Waals surface area contributed by atoms with E-state index in [9.17, 15) is 9.90 Å². The number of hydrogen-bond acceptors (Lipinski definition) is 4. The van der Waals surface area contributed by atoms with Crippen molar-refractivity contribution in [3.8, 4) is 0 Å². The molecule has 1 N–H and O–H groups in total. The van der Waals surface area contributed by atoms with Crippen LogP contribution in [0.15, 0.2) is 18.6 Å². The lowest BCUT2D eigenvalue weighted by atomic mass is 9.95. The van der Waals surface area contributed by atoms with E-state index in [1.807, 2.05) is 18.7 Å². The first-order valence-corrected chi connectivity index (χ1v) is 5.32. The van der Waals surface area contributed by atoms with E-state index in [1.165, 1.54) is 18.6 Å². The molecular weight excluding hydrogens is 206 g/mol. The van der Waals surface area contributed by atoms with Crippen LogP contribution in [0.5, 0.6) is 0 Å². The number of carboxylic acids is 1. The Morgan fingerprint density at radius 1 is 1.44 bits per heavy atom. The molecule has 1 atom stereocenters. The van der Waals surface area contributed by atoms with Crippen molar-refractivity contribution >= 4 is 5.97 Å². The summed E-state index contributed by atoms with van der Waals surface area (Å²) < 4.78 is 0. The summed E-state index contributed by atoms with van der Waals surface area (Å²) in [7, 11) is 0. The Labute approximate surface area is 95.1 Å². The molecule has 0 saturated carbocycles. The first-order valence-electron chi connectivity index (χ1n) is 5.32. The molecule has 0 aliphatic rings. The second kappa shape index (κ2) is 5.03. The molecule has 5 nitrogen and oxygen atoms in total. The van der Waals surface area contributed by atoms with E-state index in [1.54, 1.807) is 6.92 Å². The smallest absolute Gasteiger partial charge is 0.330 e. The van der Waals surface area contributed by atoms with Crippen molar-refractivity contribution in [1.29, 1.82) is 0 Å². The largest absolute Gasteiger partial charge is 0.480 e. The molecule has 0 fully saturated rings. The standard InChI is InChI=1S/C11H17N3O2/c1-4-14(5-2)11(3,10(15)16)9-8-12-6-7-13-9/h6-8H,4-5H2,1-3H3,(H,15,16). The van der Waals surface area contributed by atoms with E-state index in [0.29, 0.717) is 18.8 Å². The van der Waals surface area contributed by atoms with Gasteiger partial charge in [-0.2, -0.15) is 0 Å². The van der Waals surface area contributed by atoms with Crippen LogP contribution < -0.4 is 0 Å². The number of nitrogens with zero attached hydrogens (tertiary/aromatic N) is 3. The molecule has 1 aromatic heterocycles. The average molecular weight is 223 g/mol. The van der Waals surface area contributed by atoms with Crippen LogP contribution in [0.3, 0.4) is 0 Å². The van der Waals surface area contributed by atoms with Crippen molar-refractivity contribution in [3.05, 3.63) is 24.3 Å². The van der Waals surface area contributed by atoms with Crippen LogP contribution >= 0.6 is 0 Å². The molecule has 0 radical (unpaired) electrons. The molecule has 5 heteroatoms. The number of rotatable bonds is 5. The van der Waals surface area contributed by atoms with Crippen LogP contribution in [0, 0.1) is 0 Å². The molecule has 0 bridgehead atoms. The molecule has 1 heterocycles. The molecule has 1 aromatic rings. The second-order valence-electron chi connectivity index (χ2n) is 3.64. The Hall–Kier alpha value is -1.49. The Morgan fingerprint density at radius 3 is 2.44 bits per heavy atom. The second-order valence-corrected chi connectivity index (χ2v) is 3.64. The van der Waals surface area contributed by atoms with Crippen LogP contribution in [0.2, 0.25) is 0 Å². The zero-order chi connectivity index (χ0) is 12.2. The summed E-state index contributed by atoms with van der Waals surface area (Å²) in [5, 5.41) is 9.41. The van der Waals surface area contributed by atoms with Gasteiger partial charge in [0.15, 0.2) is 5.54 Å². The molecule has 16 heavy (non-hydrogen) atoms. The highest BCUT2D eigenvalue weighted by atomic mass is 16.4. The van der Waals surface area contributed by atoms with E-state index < -0.39 is 11.5 Å². The predicted molar refractivity (Wildman–Crippen MR) is 59.9 cm³/mol. The maximum absolute atomic E-state index is 11.5. The van der Waals surface area contributed by atoms with Gasteiger partial charge in [-0.05, 0) is 20.0 Å². The highest BCUT2D eigenvalue weighted by Gasteiger charge is 2.41. The van der Waals surface area contributed by atoms with Crippen molar-refractivity contribution in [2.45, 2.75) is 26.3 Å². The van der Waals surface area contributed by atoms with Crippen LogP contribution in [-0.4, -0.2) is 39.0 Å². The first-order chi connectivity index (χ1) is 7.57. The molecule has 0 aliphatic carbocycles. The summed E-state index contributed by atoms with van der Waals surface area (Å²) in [4.78, 5) is 21.4. The topological polar surface area (TPSA) is 66.3 Å². The van der Waals surface area contributed by atoms with Gasteiger partial charge >= 0.3 is 5.97 Å². The lowest BCUT2D eigenvalue weighted by Crippen LogP contribution is -2.50. The predicted octanol–water partition coefficient (Wildman–Crippen LogP) is 1.12. The minimum atomic E-state index is -1.11. The molecule has 0 saturated heterocycles. The van der Waals surface area contributed by atoms with E-state index in [2.05, 4.69) is 9.97 Å². The highest BCUT2D eigenvalue weighted by Crippen LogP contribution is 2.26. The van der Waals surface area contributed by atoms with Crippen molar-refractivity contribution < 1.29 is 9.90 Å². The quantitative estimate of drug-likeness (QED) is 0.810. The zero-order valence-electron chi connectivity index (χ0n) is 9.84. The van der Waals surface area contributed by atoms with E-state index >= 15 is 0 Å². The van der Waals surface area contributed by atoms with Gasteiger partial charge in [0.1, 0.15) is 0 Å². The van der Waals surface area contributed by atoms with Gasteiger partial charge in [-0.15, -0.1) is 0 Å². The number of likely N-dealkylation sites (N-methyl/N-ethyl adjacent to an activating group) is 1. The zero-order valence-corrected chi connectivity index (χ0v) is 9.84. The Kier molecular flexibility index (Phi) is 3.95. The summed E-state index contributed by atoms with van der Waals surface area (Å²) in [5.41, 5.74) is -0.649. The monoisotopic (exact) mass is 223 g/mol. The third kappa shape index (κ3) is 2.04. The summed E-state index contributed by atoms with van der Waals surface area (Å²) in [6.45, 7) is 6.82. The maximum Gasteiger partial charge on any atom is 0.330 e. The summed E-state index contributed by atoms with van der Waals surface area (Å²) in [6.07, 6.45) is 4.56. The number of hydrogen-bond donors (Lipinski definition) is 1. The third-order valence-electron chi connectivity index (χ3n) is 2.87. The molecule has 0 aliphatic heterocycles. The summed E-state index contributed by atoms with van der Waals surface area (Å²) in [5.74, 6) is -0.906. The molecule has 0 amide bonds. The van der Waals surface area contributed by atoms with E-state index in [-0.39, 0.29) is 0 Å². The number of aliphatic carboxylic acids is 1. The average Bonchev–Trinajstić information content (AvgIpc) is 2.31. The maximum atomic E-state index is 11.5. The Balaban J connectivity index is 3.21. The number of aromatic nitrogens is 2. The number of carboxylic acid groups (broad SMARTS) is 1. The van der Waals surface area contributed by atoms with Gasteiger partial charge in [0.25, 0.3) is 0 Å². The summed E-state index contributed by atoms with van der Waals surface area (Å²) >= 11 is 0. The minimum absolute atomic E-state index is 0.464. The Morgan fingerprint density at radius 2 is 2.06 bits per heavy atom. The fraction of sp³-hybridized carbons (Fsp3) is 0.545. The fourth-order valence-corrected chi connectivity index (χ4v) is 1.81. The Bertz CT molecular complexity index is 352. The summed E-state index contributed by atoms with van der Waals surface area (Å²) in [6, 6.07) is 0. The fourth-order valence-electron chi connectivity index (χ4n) is 1.81. The minimum Gasteiger partial charge on any atom is -0.480 e. The molecule has 0 aromatic carbocycles. The van der Waals surface area contributed by atoms with Crippen LogP contribution in [0.4, 0.5) is 0 Å². The number of carbonyl (C=O) groups is 1. The van der Waals surface area contributed by atoms with Gasteiger partial charge < -0.3 is 5.11 Å². The molecule has 1 unspecified atom stereocenters. The van der Waals surface area contributed by atoms with E-state index in [4.69, 9.17) is 0 Å². The first kappa shape index (κ1) is 12.6. The van der Waals surface area contributed by atoms with Crippen LogP contribution in [0.1, 0.15) is 26.5 Å². The van der Waals surface area contributed by atoms with Gasteiger partial charge in [-0.25, -0.2) is 4.79 Å². The van der Waals surface area contributed by atoms with E-state index in [0.717, 1.165) is 0 Å². The molecule has 0 spiro atoms.